The molecule has 0 spiro atoms. The summed E-state index contributed by atoms with van der Waals surface area (Å²) in [6, 6.07) is 5.54. The number of urea groups is 1. The van der Waals surface area contributed by atoms with Crippen LogP contribution in [0.25, 0.3) is 0 Å². The van der Waals surface area contributed by atoms with Crippen LogP contribution in [-0.2, 0) is 11.3 Å². The third-order valence-corrected chi connectivity index (χ3v) is 3.46. The summed E-state index contributed by atoms with van der Waals surface area (Å²) in [6.07, 6.45) is 1.72. The highest BCUT2D eigenvalue weighted by Gasteiger charge is 2.30. The monoisotopic (exact) mass is 280 g/mol. The van der Waals surface area contributed by atoms with E-state index >= 15 is 0 Å². The third kappa shape index (κ3) is 3.94. The molecule has 5 nitrogen and oxygen atoms in total. The molecule has 0 heterocycles. The Morgan fingerprint density at radius 2 is 2.15 bits per heavy atom. The van der Waals surface area contributed by atoms with Crippen LogP contribution in [-0.4, -0.2) is 23.1 Å². The van der Waals surface area contributed by atoms with E-state index in [9.17, 15) is 14.0 Å². The van der Waals surface area contributed by atoms with E-state index in [1.807, 2.05) is 0 Å². The number of amides is 2. The molecule has 0 unspecified atom stereocenters. The van der Waals surface area contributed by atoms with Gasteiger partial charge in [0.1, 0.15) is 5.82 Å². The van der Waals surface area contributed by atoms with E-state index in [1.54, 1.807) is 12.1 Å². The van der Waals surface area contributed by atoms with Crippen molar-refractivity contribution in [3.05, 3.63) is 35.6 Å². The zero-order valence-electron chi connectivity index (χ0n) is 10.9. The lowest BCUT2D eigenvalue weighted by atomic mass is 10.1. The van der Waals surface area contributed by atoms with Gasteiger partial charge in [-0.2, -0.15) is 0 Å². The predicted octanol–water partition coefficient (Wildman–Crippen LogP) is 1.88. The number of nitrogens with one attached hydrogen (secondary N) is 2. The van der Waals surface area contributed by atoms with Gasteiger partial charge in [-0.1, -0.05) is 12.1 Å². The summed E-state index contributed by atoms with van der Waals surface area (Å²) in [5.41, 5.74) is 0.676. The summed E-state index contributed by atoms with van der Waals surface area (Å²) in [5.74, 6) is -1.53. The molecule has 3 N–H and O–H groups in total. The van der Waals surface area contributed by atoms with Crippen molar-refractivity contribution in [2.45, 2.75) is 31.8 Å². The van der Waals surface area contributed by atoms with Crippen molar-refractivity contribution in [2.24, 2.45) is 5.92 Å². The van der Waals surface area contributed by atoms with Crippen LogP contribution in [0.2, 0.25) is 0 Å². The fourth-order valence-corrected chi connectivity index (χ4v) is 2.40. The van der Waals surface area contributed by atoms with Gasteiger partial charge in [-0.25, -0.2) is 9.18 Å². The van der Waals surface area contributed by atoms with Crippen molar-refractivity contribution >= 4 is 12.0 Å². The Morgan fingerprint density at radius 3 is 2.80 bits per heavy atom. The maximum Gasteiger partial charge on any atom is 0.315 e. The summed E-state index contributed by atoms with van der Waals surface area (Å²) >= 11 is 0. The second-order valence-electron chi connectivity index (χ2n) is 5.00. The van der Waals surface area contributed by atoms with Gasteiger partial charge in [-0.05, 0) is 37.0 Å². The minimum Gasteiger partial charge on any atom is -0.481 e. The Bertz CT molecular complexity index is 507. The first kappa shape index (κ1) is 14.3. The predicted molar refractivity (Wildman–Crippen MR) is 70.5 cm³/mol. The maximum atomic E-state index is 13.0. The molecule has 2 atom stereocenters. The summed E-state index contributed by atoms with van der Waals surface area (Å²) in [5, 5.41) is 14.3. The number of carboxylic acid groups (broad SMARTS) is 1. The highest BCUT2D eigenvalue weighted by molar-refractivity contribution is 5.75. The smallest absolute Gasteiger partial charge is 0.315 e. The Kier molecular flexibility index (Phi) is 4.55. The molecule has 0 aromatic heterocycles. The number of halogens is 1. The van der Waals surface area contributed by atoms with Crippen LogP contribution in [0.4, 0.5) is 9.18 Å². The molecule has 0 saturated heterocycles. The van der Waals surface area contributed by atoms with Gasteiger partial charge in [-0.15, -0.1) is 0 Å². The maximum absolute atomic E-state index is 13.0. The van der Waals surface area contributed by atoms with Crippen molar-refractivity contribution in [2.75, 3.05) is 0 Å². The minimum absolute atomic E-state index is 0.108. The van der Waals surface area contributed by atoms with Crippen molar-refractivity contribution < 1.29 is 19.1 Å². The number of aliphatic carboxylic acids is 1. The molecular formula is C14H17FN2O3. The first-order valence-electron chi connectivity index (χ1n) is 6.56. The molecule has 1 fully saturated rings. The molecule has 6 heteroatoms. The molecule has 2 rings (SSSR count). The number of carbonyl (C=O) groups excluding carboxylic acids is 1. The number of carboxylic acids is 1. The first-order chi connectivity index (χ1) is 9.54. The first-order valence-corrected chi connectivity index (χ1v) is 6.56. The number of rotatable bonds is 4. The van der Waals surface area contributed by atoms with Gasteiger partial charge < -0.3 is 15.7 Å². The minimum atomic E-state index is -0.811. The van der Waals surface area contributed by atoms with Gasteiger partial charge in [0, 0.05) is 12.6 Å². The zero-order chi connectivity index (χ0) is 14.5. The zero-order valence-corrected chi connectivity index (χ0v) is 10.9. The van der Waals surface area contributed by atoms with Gasteiger partial charge in [0.15, 0.2) is 0 Å². The quantitative estimate of drug-likeness (QED) is 0.788. The van der Waals surface area contributed by atoms with E-state index in [4.69, 9.17) is 5.11 Å². The molecular weight excluding hydrogens is 263 g/mol. The molecule has 20 heavy (non-hydrogen) atoms. The lowest BCUT2D eigenvalue weighted by molar-refractivity contribution is -0.141. The van der Waals surface area contributed by atoms with Gasteiger partial charge in [-0.3, -0.25) is 4.79 Å². The van der Waals surface area contributed by atoms with Crippen LogP contribution in [0, 0.1) is 11.7 Å². The van der Waals surface area contributed by atoms with Crippen LogP contribution in [0.5, 0.6) is 0 Å². The number of carbonyl (C=O) groups is 2. The molecule has 2 amide bonds. The largest absolute Gasteiger partial charge is 0.481 e. The van der Waals surface area contributed by atoms with Crippen molar-refractivity contribution in [1.29, 1.82) is 0 Å². The highest BCUT2D eigenvalue weighted by Crippen LogP contribution is 2.25. The summed E-state index contributed by atoms with van der Waals surface area (Å²) in [7, 11) is 0. The summed E-state index contributed by atoms with van der Waals surface area (Å²) < 4.78 is 13.0. The average Bonchev–Trinajstić information content (AvgIpc) is 2.85. The molecule has 0 aliphatic heterocycles. The van der Waals surface area contributed by atoms with E-state index in [0.717, 1.165) is 0 Å². The molecule has 1 aromatic rings. The van der Waals surface area contributed by atoms with Gasteiger partial charge in [0.2, 0.25) is 0 Å². The second-order valence-corrected chi connectivity index (χ2v) is 5.00. The van der Waals surface area contributed by atoms with E-state index in [2.05, 4.69) is 10.6 Å². The van der Waals surface area contributed by atoms with Crippen LogP contribution in [0.1, 0.15) is 24.8 Å². The molecule has 0 radical (unpaired) electrons. The Labute approximate surface area is 116 Å². The lowest BCUT2D eigenvalue weighted by Crippen LogP contribution is -2.40. The molecule has 108 valence electrons. The molecule has 1 aromatic carbocycles. The second kappa shape index (κ2) is 6.36. The molecule has 0 bridgehead atoms. The number of hydrogen-bond donors (Lipinski definition) is 3. The summed E-state index contributed by atoms with van der Waals surface area (Å²) in [6.45, 7) is 0.235. The topological polar surface area (TPSA) is 78.4 Å². The fourth-order valence-electron chi connectivity index (χ4n) is 2.40. The average molecular weight is 280 g/mol. The number of hydrogen-bond acceptors (Lipinski definition) is 2. The van der Waals surface area contributed by atoms with E-state index in [1.165, 1.54) is 12.1 Å². The van der Waals surface area contributed by atoms with Crippen molar-refractivity contribution in [3.63, 3.8) is 0 Å². The van der Waals surface area contributed by atoms with Gasteiger partial charge >= 0.3 is 12.0 Å². The molecule has 1 aliphatic carbocycles. The molecule has 1 aliphatic rings. The Morgan fingerprint density at radius 1 is 1.35 bits per heavy atom. The van der Waals surface area contributed by atoms with E-state index in [0.29, 0.717) is 24.8 Å². The van der Waals surface area contributed by atoms with Gasteiger partial charge in [0.25, 0.3) is 0 Å². The van der Waals surface area contributed by atoms with Crippen LogP contribution >= 0.6 is 0 Å². The van der Waals surface area contributed by atoms with Gasteiger partial charge in [0.05, 0.1) is 5.92 Å². The molecule has 1 saturated carbocycles. The van der Waals surface area contributed by atoms with Crippen molar-refractivity contribution in [1.82, 2.24) is 10.6 Å². The summed E-state index contributed by atoms with van der Waals surface area (Å²) in [4.78, 5) is 22.5. The highest BCUT2D eigenvalue weighted by atomic mass is 19.1. The fraction of sp³-hybridized carbons (Fsp3) is 0.429. The SMILES string of the molecule is O=C(NCc1cccc(F)c1)N[C@H]1CC[C@@H](C(=O)O)C1. The number of benzene rings is 1. The van der Waals surface area contributed by atoms with Crippen LogP contribution in [0.3, 0.4) is 0 Å². The third-order valence-electron chi connectivity index (χ3n) is 3.46. The standard InChI is InChI=1S/C14H17FN2O3/c15-11-3-1-2-9(6-11)8-16-14(20)17-12-5-4-10(7-12)13(18)19/h1-3,6,10,12H,4-5,7-8H2,(H,18,19)(H2,16,17,20)/t10-,12+/m1/s1. The van der Waals surface area contributed by atoms with E-state index in [-0.39, 0.29) is 30.4 Å². The Hall–Kier alpha value is -2.11. The Balaban J connectivity index is 1.75. The van der Waals surface area contributed by atoms with Crippen LogP contribution in [0.15, 0.2) is 24.3 Å². The lowest BCUT2D eigenvalue weighted by Gasteiger charge is -2.13. The van der Waals surface area contributed by atoms with Crippen LogP contribution < -0.4 is 10.6 Å². The van der Waals surface area contributed by atoms with Crippen molar-refractivity contribution in [3.8, 4) is 0 Å². The van der Waals surface area contributed by atoms with E-state index < -0.39 is 5.97 Å². The normalized spacial score (nSPS) is 21.4.